The van der Waals surface area contributed by atoms with E-state index < -0.39 is 0 Å². The van der Waals surface area contributed by atoms with Crippen molar-refractivity contribution < 1.29 is 9.52 Å². The number of nitrogens with one attached hydrogen (secondary N) is 1. The Balaban J connectivity index is 1.70. The van der Waals surface area contributed by atoms with Crippen molar-refractivity contribution in [3.05, 3.63) is 46.5 Å². The van der Waals surface area contributed by atoms with Gasteiger partial charge in [0.05, 0.1) is 6.21 Å². The Kier molecular flexibility index (Phi) is 3.87. The van der Waals surface area contributed by atoms with Gasteiger partial charge in [0, 0.05) is 34.3 Å². The van der Waals surface area contributed by atoms with E-state index in [2.05, 4.69) is 20.5 Å². The molecule has 0 aliphatic heterocycles. The van der Waals surface area contributed by atoms with Crippen LogP contribution in [0.5, 0.6) is 5.75 Å². The lowest BCUT2D eigenvalue weighted by Gasteiger charge is -2.09. The molecule has 4 rings (SSSR count). The van der Waals surface area contributed by atoms with Crippen LogP contribution in [0.2, 0.25) is 0 Å². The summed E-state index contributed by atoms with van der Waals surface area (Å²) in [6.07, 6.45) is 5.83. The van der Waals surface area contributed by atoms with Crippen molar-refractivity contribution in [2.24, 2.45) is 5.10 Å². The summed E-state index contributed by atoms with van der Waals surface area (Å²) < 4.78 is 5.96. The lowest BCUT2D eigenvalue weighted by Crippen LogP contribution is -2.01. The van der Waals surface area contributed by atoms with E-state index in [-0.39, 0.29) is 5.75 Å². The number of hydrazone groups is 1. The predicted molar refractivity (Wildman–Crippen MR) is 97.2 cm³/mol. The molecule has 6 nitrogen and oxygen atoms in total. The van der Waals surface area contributed by atoms with Crippen LogP contribution in [0.4, 0.5) is 5.95 Å². The second kappa shape index (κ2) is 6.20. The number of hydrogen-bond acceptors (Lipinski definition) is 6. The molecule has 0 atom stereocenters. The second-order valence-corrected chi connectivity index (χ2v) is 6.43. The molecule has 0 radical (unpaired) electrons. The third kappa shape index (κ3) is 2.95. The van der Waals surface area contributed by atoms with Crippen LogP contribution in [0.25, 0.3) is 11.0 Å². The topological polar surface area (TPSA) is 83.5 Å². The van der Waals surface area contributed by atoms with Crippen LogP contribution in [0.3, 0.4) is 0 Å². The highest BCUT2D eigenvalue weighted by molar-refractivity contribution is 6.03. The van der Waals surface area contributed by atoms with Crippen LogP contribution in [0.1, 0.15) is 41.1 Å². The number of benzene rings is 1. The minimum absolute atomic E-state index is 0.188. The van der Waals surface area contributed by atoms with E-state index in [1.807, 2.05) is 26.0 Å². The Morgan fingerprint density at radius 1 is 1.16 bits per heavy atom. The maximum atomic E-state index is 10.3. The van der Waals surface area contributed by atoms with Gasteiger partial charge in [0.15, 0.2) is 0 Å². The highest BCUT2D eigenvalue weighted by atomic mass is 16.3. The molecule has 128 valence electrons. The first kappa shape index (κ1) is 15.6. The molecule has 1 aliphatic carbocycles. The van der Waals surface area contributed by atoms with Crippen LogP contribution in [0.15, 0.2) is 27.7 Å². The predicted octanol–water partition coefficient (Wildman–Crippen LogP) is 3.87. The quantitative estimate of drug-likeness (QED) is 0.560. The molecular weight excluding hydrogens is 316 g/mol. The van der Waals surface area contributed by atoms with Crippen LogP contribution >= 0.6 is 0 Å². The van der Waals surface area contributed by atoms with Crippen LogP contribution in [-0.2, 0) is 12.8 Å². The van der Waals surface area contributed by atoms with Crippen LogP contribution in [-0.4, -0.2) is 21.3 Å². The fourth-order valence-electron chi connectivity index (χ4n) is 3.43. The third-order valence-electron chi connectivity index (χ3n) is 4.48. The van der Waals surface area contributed by atoms with Gasteiger partial charge in [-0.1, -0.05) is 0 Å². The zero-order valence-corrected chi connectivity index (χ0v) is 14.3. The summed E-state index contributed by atoms with van der Waals surface area (Å²) in [6.45, 7) is 3.82. The maximum Gasteiger partial charge on any atom is 0.243 e. The number of anilines is 1. The summed E-state index contributed by atoms with van der Waals surface area (Å²) in [4.78, 5) is 8.59. The van der Waals surface area contributed by atoms with E-state index in [0.717, 1.165) is 53.8 Å². The largest absolute Gasteiger partial charge is 0.507 e. The molecule has 0 unspecified atom stereocenters. The first-order chi connectivity index (χ1) is 12.1. The van der Waals surface area contributed by atoms with Gasteiger partial charge in [-0.15, -0.1) is 0 Å². The summed E-state index contributed by atoms with van der Waals surface area (Å²) in [5, 5.41) is 15.5. The van der Waals surface area contributed by atoms with Crippen molar-refractivity contribution in [3.63, 3.8) is 0 Å². The number of fused-ring (bicyclic) bond motifs is 3. The smallest absolute Gasteiger partial charge is 0.243 e. The summed E-state index contributed by atoms with van der Waals surface area (Å²) in [7, 11) is 0. The van der Waals surface area contributed by atoms with Gasteiger partial charge in [0.1, 0.15) is 17.1 Å². The van der Waals surface area contributed by atoms with Gasteiger partial charge in [0.2, 0.25) is 5.95 Å². The first-order valence-corrected chi connectivity index (χ1v) is 8.49. The molecule has 0 spiro atoms. The zero-order chi connectivity index (χ0) is 17.4. The molecule has 25 heavy (non-hydrogen) atoms. The van der Waals surface area contributed by atoms with Crippen LogP contribution in [0, 0.1) is 13.8 Å². The lowest BCUT2D eigenvalue weighted by atomic mass is 9.94. The van der Waals surface area contributed by atoms with E-state index in [1.54, 1.807) is 12.3 Å². The normalized spacial score (nSPS) is 14.2. The van der Waals surface area contributed by atoms with E-state index >= 15 is 0 Å². The van der Waals surface area contributed by atoms with Gasteiger partial charge < -0.3 is 9.52 Å². The monoisotopic (exact) mass is 336 g/mol. The summed E-state index contributed by atoms with van der Waals surface area (Å²) in [5.74, 6) is 1.66. The highest BCUT2D eigenvalue weighted by Gasteiger charge is 2.21. The Hall–Kier alpha value is -2.89. The fourth-order valence-corrected chi connectivity index (χ4v) is 3.43. The average Bonchev–Trinajstić information content (AvgIpc) is 2.95. The van der Waals surface area contributed by atoms with Gasteiger partial charge in [-0.2, -0.15) is 5.10 Å². The van der Waals surface area contributed by atoms with Gasteiger partial charge in [-0.25, -0.2) is 15.4 Å². The maximum absolute atomic E-state index is 10.3. The standard InChI is InChI=1S/C19H20N4O2/c1-11-9-12(2)22-19(21-11)23-20-10-14-15(24)7-8-17-18(14)13-5-3-4-6-16(13)25-17/h7-10,24H,3-6H2,1-2H3,(H,21,22,23). The molecule has 0 saturated heterocycles. The number of aryl methyl sites for hydroxylation is 4. The van der Waals surface area contributed by atoms with Crippen molar-refractivity contribution >= 4 is 23.1 Å². The number of phenols is 1. The number of furan rings is 1. The molecule has 2 heterocycles. The van der Waals surface area contributed by atoms with E-state index in [4.69, 9.17) is 4.42 Å². The minimum atomic E-state index is 0.188. The molecule has 0 saturated carbocycles. The molecule has 0 amide bonds. The molecule has 0 fully saturated rings. The molecule has 6 heteroatoms. The number of phenolic OH excluding ortho intramolecular Hbond substituents is 1. The van der Waals surface area contributed by atoms with Crippen molar-refractivity contribution in [2.45, 2.75) is 39.5 Å². The van der Waals surface area contributed by atoms with Crippen molar-refractivity contribution in [2.75, 3.05) is 5.43 Å². The molecule has 3 aromatic rings. The second-order valence-electron chi connectivity index (χ2n) is 6.43. The zero-order valence-electron chi connectivity index (χ0n) is 14.3. The number of aromatic hydroxyl groups is 1. The van der Waals surface area contributed by atoms with E-state index in [0.29, 0.717) is 11.5 Å². The molecular formula is C19H20N4O2. The van der Waals surface area contributed by atoms with Crippen molar-refractivity contribution in [3.8, 4) is 5.75 Å². The average molecular weight is 336 g/mol. The third-order valence-corrected chi connectivity index (χ3v) is 4.48. The number of hydrogen-bond donors (Lipinski definition) is 2. The molecule has 1 aliphatic rings. The fraction of sp³-hybridized carbons (Fsp3) is 0.316. The van der Waals surface area contributed by atoms with Crippen molar-refractivity contribution in [1.82, 2.24) is 9.97 Å². The Morgan fingerprint density at radius 3 is 2.72 bits per heavy atom. The number of nitrogens with zero attached hydrogens (tertiary/aromatic N) is 3. The Morgan fingerprint density at radius 2 is 1.92 bits per heavy atom. The van der Waals surface area contributed by atoms with Gasteiger partial charge in [-0.05, 0) is 51.3 Å². The highest BCUT2D eigenvalue weighted by Crippen LogP contribution is 2.36. The van der Waals surface area contributed by atoms with Crippen molar-refractivity contribution in [1.29, 1.82) is 0 Å². The minimum Gasteiger partial charge on any atom is -0.507 e. The first-order valence-electron chi connectivity index (χ1n) is 8.49. The Labute approximate surface area is 145 Å². The number of rotatable bonds is 3. The van der Waals surface area contributed by atoms with Gasteiger partial charge in [-0.3, -0.25) is 0 Å². The SMILES string of the molecule is Cc1cc(C)nc(NN=Cc2c(O)ccc3oc4c(c23)CCCC4)n1. The van der Waals surface area contributed by atoms with E-state index in [9.17, 15) is 5.11 Å². The molecule has 2 aromatic heterocycles. The van der Waals surface area contributed by atoms with Gasteiger partial charge >= 0.3 is 0 Å². The molecule has 0 bridgehead atoms. The lowest BCUT2D eigenvalue weighted by molar-refractivity contribution is 0.474. The van der Waals surface area contributed by atoms with E-state index in [1.165, 1.54) is 5.56 Å². The molecule has 2 N–H and O–H groups in total. The van der Waals surface area contributed by atoms with Crippen LogP contribution < -0.4 is 5.43 Å². The number of aromatic nitrogens is 2. The summed E-state index contributed by atoms with van der Waals surface area (Å²) in [5.41, 5.74) is 7.26. The summed E-state index contributed by atoms with van der Waals surface area (Å²) in [6, 6.07) is 5.37. The molecule has 1 aromatic carbocycles. The van der Waals surface area contributed by atoms with Gasteiger partial charge in [0.25, 0.3) is 0 Å². The summed E-state index contributed by atoms with van der Waals surface area (Å²) >= 11 is 0. The Bertz CT molecular complexity index is 955.